The van der Waals surface area contributed by atoms with Gasteiger partial charge in [0.2, 0.25) is 5.75 Å². The number of ether oxygens (including phenoxy) is 1. The van der Waals surface area contributed by atoms with Gasteiger partial charge in [0.25, 0.3) is 11.5 Å². The SMILES string of the molecule is O=C(NCc1ccc(F)cc1N1C=NCN1)c1nc2n(c(=O)c1O)CCCOC21CCC1. The van der Waals surface area contributed by atoms with Gasteiger partial charge in [0, 0.05) is 19.7 Å². The molecule has 32 heavy (non-hydrogen) atoms. The van der Waals surface area contributed by atoms with Gasteiger partial charge < -0.3 is 15.2 Å². The van der Waals surface area contributed by atoms with E-state index >= 15 is 0 Å². The van der Waals surface area contributed by atoms with Crippen molar-refractivity contribution in [2.45, 2.75) is 44.4 Å². The average molecular weight is 442 g/mol. The number of nitrogens with one attached hydrogen (secondary N) is 2. The smallest absolute Gasteiger partial charge is 0.296 e. The molecular weight excluding hydrogens is 419 g/mol. The van der Waals surface area contributed by atoms with E-state index in [-0.39, 0.29) is 12.2 Å². The van der Waals surface area contributed by atoms with Crippen molar-refractivity contribution in [2.24, 2.45) is 4.99 Å². The number of hydrazine groups is 1. The standard InChI is InChI=1S/C21H23FN6O4/c22-14-4-3-13(15(9-14)28-12-23-11-25-28)10-24-18(30)16-17(29)19(31)27-7-2-8-32-21(5-1-6-21)20(27)26-16/h3-4,9,12,25,29H,1-2,5-8,10-11H2,(H,24,30). The van der Waals surface area contributed by atoms with E-state index in [1.807, 2.05) is 0 Å². The van der Waals surface area contributed by atoms with E-state index in [9.17, 15) is 19.1 Å². The molecular formula is C21H23FN6O4. The van der Waals surface area contributed by atoms with Crippen LogP contribution in [0, 0.1) is 5.82 Å². The third-order valence-corrected chi connectivity index (χ3v) is 6.11. The monoisotopic (exact) mass is 442 g/mol. The van der Waals surface area contributed by atoms with Crippen LogP contribution in [0.1, 0.15) is 47.6 Å². The largest absolute Gasteiger partial charge is 0.501 e. The van der Waals surface area contributed by atoms with Crippen LogP contribution in [-0.2, 0) is 23.4 Å². The van der Waals surface area contributed by atoms with Gasteiger partial charge in [-0.25, -0.2) is 14.8 Å². The molecule has 1 aromatic heterocycles. The summed E-state index contributed by atoms with van der Waals surface area (Å²) in [4.78, 5) is 34.2. The van der Waals surface area contributed by atoms with Gasteiger partial charge >= 0.3 is 0 Å². The van der Waals surface area contributed by atoms with Crippen LogP contribution in [0.5, 0.6) is 5.75 Å². The number of fused-ring (bicyclic) bond motifs is 2. The van der Waals surface area contributed by atoms with Gasteiger partial charge in [-0.2, -0.15) is 0 Å². The highest BCUT2D eigenvalue weighted by Gasteiger charge is 2.45. The number of hydrogen-bond donors (Lipinski definition) is 3. The van der Waals surface area contributed by atoms with Gasteiger partial charge in [0.1, 0.15) is 30.2 Å². The van der Waals surface area contributed by atoms with E-state index in [1.54, 1.807) is 11.1 Å². The summed E-state index contributed by atoms with van der Waals surface area (Å²) in [7, 11) is 0. The van der Waals surface area contributed by atoms with Crippen LogP contribution in [0.3, 0.4) is 0 Å². The predicted molar refractivity (Wildman–Crippen MR) is 113 cm³/mol. The van der Waals surface area contributed by atoms with E-state index in [0.29, 0.717) is 56.2 Å². The zero-order valence-corrected chi connectivity index (χ0v) is 17.3. The van der Waals surface area contributed by atoms with Crippen molar-refractivity contribution >= 4 is 17.9 Å². The topological polar surface area (TPSA) is 121 Å². The lowest BCUT2D eigenvalue weighted by molar-refractivity contribution is -0.108. The highest BCUT2D eigenvalue weighted by molar-refractivity contribution is 5.94. The van der Waals surface area contributed by atoms with Crippen molar-refractivity contribution in [1.29, 1.82) is 0 Å². The Hall–Kier alpha value is -3.31. The molecule has 0 unspecified atom stereocenters. The minimum Gasteiger partial charge on any atom is -0.501 e. The number of aromatic hydroxyl groups is 1. The third kappa shape index (κ3) is 3.43. The van der Waals surface area contributed by atoms with Crippen LogP contribution in [0.2, 0.25) is 0 Å². The number of halogens is 1. The zero-order chi connectivity index (χ0) is 22.3. The molecule has 1 aromatic carbocycles. The number of amides is 1. The molecule has 168 valence electrons. The molecule has 2 aliphatic heterocycles. The molecule has 1 amide bonds. The number of carbonyl (C=O) groups is 1. The molecule has 0 atom stereocenters. The Labute approximate surface area is 182 Å². The average Bonchev–Trinajstić information content (AvgIpc) is 3.22. The Morgan fingerprint density at radius 1 is 1.34 bits per heavy atom. The summed E-state index contributed by atoms with van der Waals surface area (Å²) in [5.74, 6) is -1.41. The summed E-state index contributed by atoms with van der Waals surface area (Å²) in [5.41, 5.74) is 2.42. The molecule has 5 rings (SSSR count). The lowest BCUT2D eigenvalue weighted by atomic mass is 9.79. The maximum absolute atomic E-state index is 13.8. The first-order chi connectivity index (χ1) is 15.5. The second-order valence-electron chi connectivity index (χ2n) is 8.08. The number of hydrogen-bond acceptors (Lipinski definition) is 8. The first-order valence-corrected chi connectivity index (χ1v) is 10.6. The Morgan fingerprint density at radius 3 is 2.91 bits per heavy atom. The van der Waals surface area contributed by atoms with Crippen LogP contribution in [-0.4, -0.2) is 40.2 Å². The van der Waals surface area contributed by atoms with Crippen molar-refractivity contribution in [2.75, 3.05) is 18.3 Å². The van der Waals surface area contributed by atoms with Crippen LogP contribution >= 0.6 is 0 Å². The summed E-state index contributed by atoms with van der Waals surface area (Å²) in [6.07, 6.45) is 4.53. The van der Waals surface area contributed by atoms with Gasteiger partial charge in [-0.1, -0.05) is 6.07 Å². The van der Waals surface area contributed by atoms with Crippen LogP contribution < -0.4 is 21.3 Å². The molecule has 1 saturated carbocycles. The summed E-state index contributed by atoms with van der Waals surface area (Å²) in [6.45, 7) is 1.26. The summed E-state index contributed by atoms with van der Waals surface area (Å²) < 4.78 is 21.2. The van der Waals surface area contributed by atoms with Crippen molar-refractivity contribution in [3.8, 4) is 5.75 Å². The highest BCUT2D eigenvalue weighted by Crippen LogP contribution is 2.45. The van der Waals surface area contributed by atoms with Crippen molar-refractivity contribution < 1.29 is 19.0 Å². The van der Waals surface area contributed by atoms with Gasteiger partial charge in [-0.05, 0) is 43.4 Å². The Kier molecular flexibility index (Phi) is 5.14. The molecule has 0 bridgehead atoms. The second-order valence-corrected chi connectivity index (χ2v) is 8.08. The molecule has 3 N–H and O–H groups in total. The Bertz CT molecular complexity index is 1160. The normalized spacial score (nSPS) is 18.8. The van der Waals surface area contributed by atoms with Crippen molar-refractivity contribution in [1.82, 2.24) is 20.3 Å². The van der Waals surface area contributed by atoms with E-state index in [2.05, 4.69) is 20.7 Å². The lowest BCUT2D eigenvalue weighted by Crippen LogP contribution is -2.43. The minimum absolute atomic E-state index is 0.0294. The van der Waals surface area contributed by atoms with Crippen molar-refractivity contribution in [3.05, 3.63) is 51.5 Å². The van der Waals surface area contributed by atoms with Crippen LogP contribution in [0.4, 0.5) is 10.1 Å². The number of aliphatic imine (C=N–C) groups is 1. The summed E-state index contributed by atoms with van der Waals surface area (Å²) in [6, 6.07) is 4.17. The highest BCUT2D eigenvalue weighted by atomic mass is 19.1. The molecule has 10 nitrogen and oxygen atoms in total. The first-order valence-electron chi connectivity index (χ1n) is 10.6. The van der Waals surface area contributed by atoms with Crippen LogP contribution in [0.15, 0.2) is 28.0 Å². The number of rotatable bonds is 4. The molecule has 1 fully saturated rings. The van der Waals surface area contributed by atoms with Gasteiger partial charge in [0.15, 0.2) is 5.69 Å². The fourth-order valence-corrected chi connectivity index (χ4v) is 4.28. The summed E-state index contributed by atoms with van der Waals surface area (Å²) in [5, 5.41) is 14.7. The van der Waals surface area contributed by atoms with Gasteiger partial charge in [-0.3, -0.25) is 24.2 Å². The molecule has 1 spiro atoms. The number of nitrogens with zero attached hydrogens (tertiary/aromatic N) is 4. The first kappa shape index (κ1) is 20.6. The van der Waals surface area contributed by atoms with E-state index < -0.39 is 28.6 Å². The van der Waals surface area contributed by atoms with Crippen molar-refractivity contribution in [3.63, 3.8) is 0 Å². The Morgan fingerprint density at radius 2 is 2.19 bits per heavy atom. The zero-order valence-electron chi connectivity index (χ0n) is 17.3. The maximum Gasteiger partial charge on any atom is 0.296 e. The van der Waals surface area contributed by atoms with E-state index in [1.165, 1.54) is 23.0 Å². The molecule has 1 aliphatic carbocycles. The molecule has 0 saturated heterocycles. The minimum atomic E-state index is -0.694. The summed E-state index contributed by atoms with van der Waals surface area (Å²) >= 11 is 0. The molecule has 2 aromatic rings. The number of benzene rings is 1. The predicted octanol–water partition coefficient (Wildman–Crippen LogP) is 1.13. The fourth-order valence-electron chi connectivity index (χ4n) is 4.28. The molecule has 11 heteroatoms. The number of carbonyl (C=O) groups excluding carboxylic acids is 1. The van der Waals surface area contributed by atoms with Gasteiger partial charge in [-0.15, -0.1) is 0 Å². The molecule has 0 radical (unpaired) electrons. The quantitative estimate of drug-likeness (QED) is 0.649. The van der Waals surface area contributed by atoms with Crippen LogP contribution in [0.25, 0.3) is 0 Å². The third-order valence-electron chi connectivity index (χ3n) is 6.11. The second kappa shape index (κ2) is 7.99. The number of aromatic nitrogens is 2. The molecule has 3 aliphatic rings. The van der Waals surface area contributed by atoms with E-state index in [4.69, 9.17) is 4.74 Å². The Balaban J connectivity index is 1.43. The number of anilines is 1. The molecule has 3 heterocycles. The van der Waals surface area contributed by atoms with Gasteiger partial charge in [0.05, 0.1) is 5.69 Å². The fraction of sp³-hybridized carbons (Fsp3) is 0.429. The lowest BCUT2D eigenvalue weighted by Gasteiger charge is -2.40. The maximum atomic E-state index is 13.8. The van der Waals surface area contributed by atoms with E-state index in [0.717, 1.165) is 6.42 Å².